The van der Waals surface area contributed by atoms with Crippen molar-refractivity contribution in [2.24, 2.45) is 0 Å². The number of amides is 2. The molecule has 0 unspecified atom stereocenters. The number of carbonyl (C=O) groups is 2. The lowest BCUT2D eigenvalue weighted by Gasteiger charge is -2.34. The van der Waals surface area contributed by atoms with E-state index in [9.17, 15) is 18.0 Å². The van der Waals surface area contributed by atoms with E-state index in [1.165, 1.54) is 17.0 Å². The highest BCUT2D eigenvalue weighted by Gasteiger charge is 2.34. The molecule has 0 spiro atoms. The topological polar surface area (TPSA) is 86.8 Å². The van der Waals surface area contributed by atoms with Crippen molar-refractivity contribution in [3.8, 4) is 0 Å². The van der Waals surface area contributed by atoms with E-state index in [-0.39, 0.29) is 17.1 Å². The Morgan fingerprint density at radius 3 is 2.10 bits per heavy atom. The Morgan fingerprint density at radius 1 is 0.975 bits per heavy atom. The predicted molar refractivity (Wildman–Crippen MR) is 164 cm³/mol. The van der Waals surface area contributed by atoms with Gasteiger partial charge in [-0.1, -0.05) is 69.0 Å². The molecule has 3 rings (SSSR count). The Balaban J connectivity index is 2.08. The molecule has 0 aliphatic heterocycles. The number of nitrogens with one attached hydrogen (secondary N) is 1. The molecule has 0 saturated carbocycles. The molecule has 0 aliphatic carbocycles. The molecule has 1 N–H and O–H groups in total. The molecule has 0 bridgehead atoms. The van der Waals surface area contributed by atoms with E-state index in [1.807, 2.05) is 27.7 Å². The Kier molecular flexibility index (Phi) is 10.3. The lowest BCUT2D eigenvalue weighted by Crippen LogP contribution is -2.54. The molecular formula is C29H32BrCl2N3O4S. The van der Waals surface area contributed by atoms with Crippen LogP contribution < -0.4 is 9.62 Å². The highest BCUT2D eigenvalue weighted by Crippen LogP contribution is 2.29. The van der Waals surface area contributed by atoms with Gasteiger partial charge in [0.2, 0.25) is 11.8 Å². The standard InChI is InChI=1S/C29H32BrCl2N3O4S/c1-19-12-14-23(15-13-19)40(38,39)35(22-9-6-8-21(30)16-22)18-27(36)34(20(2)28(37)33-29(3,4)5)17-24-25(31)10-7-11-26(24)32/h6-16,20H,17-18H2,1-5H3,(H,33,37)/t20-/m1/s1. The molecule has 0 aromatic heterocycles. The maximum atomic E-state index is 14.0. The van der Waals surface area contributed by atoms with E-state index in [0.717, 1.165) is 9.87 Å². The van der Waals surface area contributed by atoms with E-state index < -0.39 is 40.0 Å². The molecular weight excluding hydrogens is 637 g/mol. The summed E-state index contributed by atoms with van der Waals surface area (Å²) >= 11 is 16.2. The summed E-state index contributed by atoms with van der Waals surface area (Å²) < 4.78 is 29.5. The first-order valence-electron chi connectivity index (χ1n) is 12.5. The number of rotatable bonds is 9. The van der Waals surface area contributed by atoms with Crippen LogP contribution in [0.2, 0.25) is 10.0 Å². The summed E-state index contributed by atoms with van der Waals surface area (Å²) in [5.41, 5.74) is 1.07. The minimum absolute atomic E-state index is 0.0325. The Hall–Kier alpha value is -2.59. The van der Waals surface area contributed by atoms with Gasteiger partial charge in [-0.2, -0.15) is 0 Å². The third-order valence-electron chi connectivity index (χ3n) is 6.04. The molecule has 7 nitrogen and oxygen atoms in total. The fourth-order valence-corrected chi connectivity index (χ4v) is 6.22. The van der Waals surface area contributed by atoms with Crippen LogP contribution in [0.15, 0.2) is 76.1 Å². The maximum absolute atomic E-state index is 14.0. The van der Waals surface area contributed by atoms with Gasteiger partial charge >= 0.3 is 0 Å². The van der Waals surface area contributed by atoms with Crippen LogP contribution in [0.25, 0.3) is 0 Å². The van der Waals surface area contributed by atoms with Crippen LogP contribution in [-0.2, 0) is 26.2 Å². The molecule has 3 aromatic carbocycles. The Morgan fingerprint density at radius 2 is 1.55 bits per heavy atom. The van der Waals surface area contributed by atoms with Crippen molar-refractivity contribution in [2.45, 2.75) is 57.6 Å². The van der Waals surface area contributed by atoms with Gasteiger partial charge in [0, 0.05) is 32.2 Å². The molecule has 0 aliphatic rings. The summed E-state index contributed by atoms with van der Waals surface area (Å²) in [6.45, 7) is 8.26. The zero-order chi connectivity index (χ0) is 29.8. The summed E-state index contributed by atoms with van der Waals surface area (Å²) in [4.78, 5) is 28.6. The first kappa shape index (κ1) is 31.9. The number of anilines is 1. The van der Waals surface area contributed by atoms with E-state index in [4.69, 9.17) is 23.2 Å². The molecule has 0 fully saturated rings. The predicted octanol–water partition coefficient (Wildman–Crippen LogP) is 6.59. The van der Waals surface area contributed by atoms with E-state index in [1.54, 1.807) is 61.5 Å². The van der Waals surface area contributed by atoms with Crippen LogP contribution in [0.3, 0.4) is 0 Å². The fraction of sp³-hybridized carbons (Fsp3) is 0.310. The van der Waals surface area contributed by atoms with Crippen LogP contribution in [0.5, 0.6) is 0 Å². The average Bonchev–Trinajstić information content (AvgIpc) is 2.85. The van der Waals surface area contributed by atoms with Gasteiger partial charge < -0.3 is 10.2 Å². The van der Waals surface area contributed by atoms with Gasteiger partial charge in [-0.05, 0) is 77.1 Å². The van der Waals surface area contributed by atoms with Gasteiger partial charge in [0.1, 0.15) is 12.6 Å². The number of aryl methyl sites for hydroxylation is 1. The molecule has 214 valence electrons. The largest absolute Gasteiger partial charge is 0.350 e. The zero-order valence-corrected chi connectivity index (χ0v) is 26.8. The van der Waals surface area contributed by atoms with Gasteiger partial charge in [-0.3, -0.25) is 13.9 Å². The highest BCUT2D eigenvalue weighted by molar-refractivity contribution is 9.10. The molecule has 40 heavy (non-hydrogen) atoms. The number of nitrogens with zero attached hydrogens (tertiary/aromatic N) is 2. The average molecular weight is 669 g/mol. The van der Waals surface area contributed by atoms with E-state index in [2.05, 4.69) is 21.2 Å². The zero-order valence-electron chi connectivity index (χ0n) is 22.9. The number of hydrogen-bond acceptors (Lipinski definition) is 4. The van der Waals surface area contributed by atoms with Crippen molar-refractivity contribution in [1.82, 2.24) is 10.2 Å². The van der Waals surface area contributed by atoms with Crippen LogP contribution >= 0.6 is 39.1 Å². The quantitative estimate of drug-likeness (QED) is 0.279. The van der Waals surface area contributed by atoms with Crippen LogP contribution in [0.1, 0.15) is 38.8 Å². The van der Waals surface area contributed by atoms with Gasteiger partial charge in [0.05, 0.1) is 10.6 Å². The van der Waals surface area contributed by atoms with Crippen molar-refractivity contribution < 1.29 is 18.0 Å². The highest BCUT2D eigenvalue weighted by atomic mass is 79.9. The third kappa shape index (κ3) is 8.00. The third-order valence-corrected chi connectivity index (χ3v) is 9.03. The first-order chi connectivity index (χ1) is 18.6. The Bertz CT molecular complexity index is 1470. The van der Waals surface area contributed by atoms with Crippen molar-refractivity contribution in [3.63, 3.8) is 0 Å². The number of hydrogen-bond donors (Lipinski definition) is 1. The molecule has 0 radical (unpaired) electrons. The van der Waals surface area contributed by atoms with Crippen molar-refractivity contribution in [1.29, 1.82) is 0 Å². The molecule has 3 aromatic rings. The van der Waals surface area contributed by atoms with E-state index >= 15 is 0 Å². The second kappa shape index (κ2) is 12.9. The number of carbonyl (C=O) groups excluding carboxylic acids is 2. The normalized spacial score (nSPS) is 12.5. The molecule has 11 heteroatoms. The molecule has 0 saturated heterocycles. The molecule has 2 amide bonds. The number of benzene rings is 3. The van der Waals surface area contributed by atoms with Crippen molar-refractivity contribution in [3.05, 3.63) is 92.4 Å². The fourth-order valence-electron chi connectivity index (χ4n) is 3.91. The second-order valence-corrected chi connectivity index (χ2v) is 14.0. The van der Waals surface area contributed by atoms with Crippen LogP contribution in [0, 0.1) is 6.92 Å². The maximum Gasteiger partial charge on any atom is 0.264 e. The Labute approximate surface area is 254 Å². The second-order valence-electron chi connectivity index (χ2n) is 10.4. The summed E-state index contributed by atoms with van der Waals surface area (Å²) in [7, 11) is -4.17. The minimum Gasteiger partial charge on any atom is -0.350 e. The van der Waals surface area contributed by atoms with Crippen molar-refractivity contribution in [2.75, 3.05) is 10.8 Å². The van der Waals surface area contributed by atoms with Crippen LogP contribution in [-0.4, -0.2) is 43.3 Å². The van der Waals surface area contributed by atoms with Gasteiger partial charge in [0.15, 0.2) is 0 Å². The van der Waals surface area contributed by atoms with E-state index in [0.29, 0.717) is 20.1 Å². The van der Waals surface area contributed by atoms with Gasteiger partial charge in [-0.25, -0.2) is 8.42 Å². The smallest absolute Gasteiger partial charge is 0.264 e. The summed E-state index contributed by atoms with van der Waals surface area (Å²) in [6.07, 6.45) is 0. The lowest BCUT2D eigenvalue weighted by molar-refractivity contribution is -0.140. The monoisotopic (exact) mass is 667 g/mol. The number of sulfonamides is 1. The van der Waals surface area contributed by atoms with Crippen LogP contribution in [0.4, 0.5) is 5.69 Å². The molecule has 1 atom stereocenters. The SMILES string of the molecule is Cc1ccc(S(=O)(=O)N(CC(=O)N(Cc2c(Cl)cccc2Cl)[C@H](C)C(=O)NC(C)(C)C)c2cccc(Br)c2)cc1. The summed E-state index contributed by atoms with van der Waals surface area (Å²) in [5.74, 6) is -1.01. The molecule has 0 heterocycles. The minimum atomic E-state index is -4.17. The van der Waals surface area contributed by atoms with Gasteiger partial charge in [-0.15, -0.1) is 0 Å². The van der Waals surface area contributed by atoms with Crippen molar-refractivity contribution >= 4 is 66.7 Å². The van der Waals surface area contributed by atoms with Gasteiger partial charge in [0.25, 0.3) is 10.0 Å². The summed E-state index contributed by atoms with van der Waals surface area (Å²) in [5, 5.41) is 3.53. The first-order valence-corrected chi connectivity index (χ1v) is 15.5. The lowest BCUT2D eigenvalue weighted by atomic mass is 10.1. The number of halogens is 3. The summed E-state index contributed by atoms with van der Waals surface area (Å²) in [6, 6.07) is 17.0.